The van der Waals surface area contributed by atoms with Crippen molar-refractivity contribution < 1.29 is 4.42 Å². The van der Waals surface area contributed by atoms with Crippen molar-refractivity contribution >= 4 is 49.8 Å². The summed E-state index contributed by atoms with van der Waals surface area (Å²) in [5.41, 5.74) is 7.55. The van der Waals surface area contributed by atoms with Gasteiger partial charge in [-0.15, -0.1) is 0 Å². The van der Waals surface area contributed by atoms with Gasteiger partial charge in [-0.25, -0.2) is 0 Å². The van der Waals surface area contributed by atoms with Crippen LogP contribution in [-0.4, -0.2) is 0 Å². The zero-order valence-corrected chi connectivity index (χ0v) is 18.5. The van der Waals surface area contributed by atoms with Gasteiger partial charge in [0.25, 0.3) is 0 Å². The summed E-state index contributed by atoms with van der Waals surface area (Å²) in [5.74, 6) is 0. The molecule has 0 aliphatic carbocycles. The van der Waals surface area contributed by atoms with E-state index in [1.807, 2.05) is 12.1 Å². The summed E-state index contributed by atoms with van der Waals surface area (Å²) >= 11 is 0. The largest absolute Gasteiger partial charge is 0.455 e. The lowest BCUT2D eigenvalue weighted by Gasteiger charge is -2.25. The normalized spacial score (nSPS) is 11.5. The first-order chi connectivity index (χ1) is 16.9. The van der Waals surface area contributed by atoms with Crippen molar-refractivity contribution in [1.82, 2.24) is 0 Å². The van der Waals surface area contributed by atoms with Crippen molar-refractivity contribution in [3.05, 3.63) is 127 Å². The topological polar surface area (TPSA) is 16.4 Å². The van der Waals surface area contributed by atoms with E-state index < -0.39 is 0 Å². The minimum atomic E-state index is 0.946. The van der Waals surface area contributed by atoms with E-state index in [1.165, 1.54) is 21.5 Å². The monoisotopic (exact) mass is 435 g/mol. The molecular formula is C32H21NO. The first-order valence-corrected chi connectivity index (χ1v) is 11.5. The summed E-state index contributed by atoms with van der Waals surface area (Å²) in [7, 11) is 0. The summed E-state index contributed by atoms with van der Waals surface area (Å²) in [5, 5.41) is 4.86. The molecule has 7 aromatic rings. The molecule has 0 fully saturated rings. The molecule has 0 bridgehead atoms. The van der Waals surface area contributed by atoms with Crippen LogP contribution in [0.1, 0.15) is 0 Å². The van der Waals surface area contributed by atoms with E-state index in [9.17, 15) is 0 Å². The van der Waals surface area contributed by atoms with Crippen molar-refractivity contribution in [2.75, 3.05) is 4.90 Å². The number of hydrogen-bond donors (Lipinski definition) is 0. The Hall–Kier alpha value is -4.56. The number of para-hydroxylation sites is 2. The lowest BCUT2D eigenvalue weighted by Crippen LogP contribution is -2.09. The smallest absolute Gasteiger partial charge is 0.143 e. The number of furan rings is 1. The predicted molar refractivity (Wildman–Crippen MR) is 143 cm³/mol. The average Bonchev–Trinajstić information content (AvgIpc) is 3.30. The second-order valence-electron chi connectivity index (χ2n) is 8.62. The molecule has 0 unspecified atom stereocenters. The molecule has 0 spiro atoms. The molecule has 0 amide bonds. The third-order valence-electron chi connectivity index (χ3n) is 6.62. The maximum Gasteiger partial charge on any atom is 0.143 e. The number of rotatable bonds is 4. The Balaban J connectivity index is 1.37. The Morgan fingerprint density at radius 3 is 1.71 bits per heavy atom. The van der Waals surface area contributed by atoms with Gasteiger partial charge in [-0.2, -0.15) is 0 Å². The minimum Gasteiger partial charge on any atom is -0.455 e. The molecule has 0 atom stereocenters. The van der Waals surface area contributed by atoms with Gasteiger partial charge in [-0.3, -0.25) is 0 Å². The van der Waals surface area contributed by atoms with E-state index in [0.717, 1.165) is 39.4 Å². The van der Waals surface area contributed by atoms with E-state index in [4.69, 9.17) is 4.42 Å². The van der Waals surface area contributed by atoms with Crippen molar-refractivity contribution in [1.29, 1.82) is 0 Å². The van der Waals surface area contributed by atoms with Crippen LogP contribution < -0.4 is 4.90 Å². The average molecular weight is 436 g/mol. The Kier molecular flexibility index (Phi) is 4.18. The summed E-state index contributed by atoms with van der Waals surface area (Å²) < 4.78 is 6.41. The van der Waals surface area contributed by atoms with Crippen molar-refractivity contribution in [2.24, 2.45) is 0 Å². The van der Waals surface area contributed by atoms with E-state index in [1.54, 1.807) is 0 Å². The number of hydrogen-bond acceptors (Lipinski definition) is 2. The Bertz CT molecular complexity index is 1690. The van der Waals surface area contributed by atoms with Crippen LogP contribution in [0.3, 0.4) is 0 Å². The fourth-order valence-electron chi connectivity index (χ4n) is 5.05. The standard InChI is InChI=1S/C32H21NO/c1-3-9-25(10-4-1)33(26-11-5-2-6-12-26)27-19-16-22(17-20-27)28-21-18-24-15-14-23-8-7-13-29-30(23)31(24)32(28)34-29/h1-21H. The van der Waals surface area contributed by atoms with Crippen molar-refractivity contribution in [3.8, 4) is 11.1 Å². The van der Waals surface area contributed by atoms with Crippen LogP contribution in [0.25, 0.3) is 43.8 Å². The second-order valence-corrected chi connectivity index (χ2v) is 8.62. The molecule has 0 aliphatic rings. The van der Waals surface area contributed by atoms with E-state index in [0.29, 0.717) is 0 Å². The van der Waals surface area contributed by atoms with Gasteiger partial charge in [-0.05, 0) is 64.9 Å². The Morgan fingerprint density at radius 1 is 0.441 bits per heavy atom. The molecule has 34 heavy (non-hydrogen) atoms. The Labute approximate surface area is 197 Å². The van der Waals surface area contributed by atoms with Crippen LogP contribution in [0, 0.1) is 0 Å². The van der Waals surface area contributed by atoms with Gasteiger partial charge in [-0.1, -0.05) is 78.9 Å². The zero-order valence-electron chi connectivity index (χ0n) is 18.5. The highest BCUT2D eigenvalue weighted by molar-refractivity contribution is 6.24. The molecule has 0 N–H and O–H groups in total. The molecule has 1 heterocycles. The molecule has 0 radical (unpaired) electrons. The minimum absolute atomic E-state index is 0.946. The van der Waals surface area contributed by atoms with E-state index in [-0.39, 0.29) is 0 Å². The first kappa shape index (κ1) is 19.0. The van der Waals surface area contributed by atoms with Crippen LogP contribution >= 0.6 is 0 Å². The number of benzene rings is 6. The van der Waals surface area contributed by atoms with Gasteiger partial charge in [0.1, 0.15) is 11.2 Å². The maximum atomic E-state index is 6.41. The number of anilines is 3. The van der Waals surface area contributed by atoms with Gasteiger partial charge in [0.2, 0.25) is 0 Å². The van der Waals surface area contributed by atoms with Crippen LogP contribution in [0.2, 0.25) is 0 Å². The van der Waals surface area contributed by atoms with E-state index >= 15 is 0 Å². The van der Waals surface area contributed by atoms with Gasteiger partial charge in [0.05, 0.1) is 0 Å². The molecule has 7 rings (SSSR count). The summed E-state index contributed by atoms with van der Waals surface area (Å²) in [6, 6.07) is 44.7. The summed E-state index contributed by atoms with van der Waals surface area (Å²) in [4.78, 5) is 2.28. The lowest BCUT2D eigenvalue weighted by atomic mass is 9.97. The Morgan fingerprint density at radius 2 is 1.03 bits per heavy atom. The van der Waals surface area contributed by atoms with Gasteiger partial charge in [0.15, 0.2) is 0 Å². The highest BCUT2D eigenvalue weighted by Gasteiger charge is 2.17. The van der Waals surface area contributed by atoms with Gasteiger partial charge < -0.3 is 9.32 Å². The second kappa shape index (κ2) is 7.50. The SMILES string of the molecule is c1ccc(N(c2ccccc2)c2ccc(-c3ccc4ccc5cccc6oc3c4c56)cc2)cc1. The molecule has 2 heteroatoms. The molecule has 6 aromatic carbocycles. The molecule has 0 saturated heterocycles. The van der Waals surface area contributed by atoms with Crippen LogP contribution in [0.15, 0.2) is 132 Å². The molecule has 0 saturated carbocycles. The number of nitrogens with zero attached hydrogens (tertiary/aromatic N) is 1. The third kappa shape index (κ3) is 2.89. The summed E-state index contributed by atoms with van der Waals surface area (Å²) in [6.45, 7) is 0. The summed E-state index contributed by atoms with van der Waals surface area (Å²) in [6.07, 6.45) is 0. The van der Waals surface area contributed by atoms with Crippen LogP contribution in [0.4, 0.5) is 17.1 Å². The zero-order chi connectivity index (χ0) is 22.5. The first-order valence-electron chi connectivity index (χ1n) is 11.5. The van der Waals surface area contributed by atoms with Crippen molar-refractivity contribution in [2.45, 2.75) is 0 Å². The maximum absolute atomic E-state index is 6.41. The van der Waals surface area contributed by atoms with Gasteiger partial charge >= 0.3 is 0 Å². The molecule has 1 aromatic heterocycles. The quantitative estimate of drug-likeness (QED) is 0.256. The molecule has 0 aliphatic heterocycles. The molecule has 2 nitrogen and oxygen atoms in total. The lowest BCUT2D eigenvalue weighted by molar-refractivity contribution is 0.670. The fourth-order valence-corrected chi connectivity index (χ4v) is 5.05. The predicted octanol–water partition coefficient (Wildman–Crippen LogP) is 9.31. The van der Waals surface area contributed by atoms with E-state index in [2.05, 4.69) is 120 Å². The third-order valence-corrected chi connectivity index (χ3v) is 6.62. The molecular weight excluding hydrogens is 414 g/mol. The van der Waals surface area contributed by atoms with Crippen LogP contribution in [-0.2, 0) is 0 Å². The van der Waals surface area contributed by atoms with Crippen molar-refractivity contribution in [3.63, 3.8) is 0 Å². The van der Waals surface area contributed by atoms with Crippen LogP contribution in [0.5, 0.6) is 0 Å². The highest BCUT2D eigenvalue weighted by atomic mass is 16.3. The van der Waals surface area contributed by atoms with Gasteiger partial charge in [0, 0.05) is 33.4 Å². The highest BCUT2D eigenvalue weighted by Crippen LogP contribution is 2.42. The molecule has 160 valence electrons. The fraction of sp³-hybridized carbons (Fsp3) is 0.